The first-order valence-corrected chi connectivity index (χ1v) is 7.10. The van der Waals surface area contributed by atoms with Crippen molar-refractivity contribution < 1.29 is 9.47 Å². The Hall–Kier alpha value is -1.22. The van der Waals surface area contributed by atoms with Crippen LogP contribution in [0.25, 0.3) is 0 Å². The summed E-state index contributed by atoms with van der Waals surface area (Å²) in [6.07, 6.45) is 1.11. The Bertz CT molecular complexity index is 445. The molecule has 19 heavy (non-hydrogen) atoms. The number of fused-ring (bicyclic) bond motifs is 1. The molecule has 0 aromatic heterocycles. The molecule has 0 aliphatic heterocycles. The highest BCUT2D eigenvalue weighted by Gasteiger charge is 2.32. The van der Waals surface area contributed by atoms with Crippen LogP contribution in [0.4, 0.5) is 0 Å². The monoisotopic (exact) mass is 263 g/mol. The third-order valence-corrected chi connectivity index (χ3v) is 4.37. The van der Waals surface area contributed by atoms with Crippen LogP contribution in [0.1, 0.15) is 37.9 Å². The van der Waals surface area contributed by atoms with Crippen molar-refractivity contribution >= 4 is 0 Å². The molecule has 1 aromatic rings. The van der Waals surface area contributed by atoms with Crippen molar-refractivity contribution in [1.82, 2.24) is 5.32 Å². The predicted octanol–water partition coefficient (Wildman–Crippen LogP) is 3.18. The van der Waals surface area contributed by atoms with Crippen LogP contribution in [0.3, 0.4) is 0 Å². The molecule has 0 bridgehead atoms. The summed E-state index contributed by atoms with van der Waals surface area (Å²) in [4.78, 5) is 0. The smallest absolute Gasteiger partial charge is 0.161 e. The van der Waals surface area contributed by atoms with E-state index in [-0.39, 0.29) is 0 Å². The van der Waals surface area contributed by atoms with Gasteiger partial charge in [0.2, 0.25) is 0 Å². The summed E-state index contributed by atoms with van der Waals surface area (Å²) in [6, 6.07) is 4.69. The molecule has 3 atom stereocenters. The molecule has 0 saturated heterocycles. The molecular formula is C16H25NO2. The molecule has 106 valence electrons. The van der Waals surface area contributed by atoms with Gasteiger partial charge in [0, 0.05) is 6.04 Å². The first-order chi connectivity index (χ1) is 9.12. The average molecular weight is 263 g/mol. The summed E-state index contributed by atoms with van der Waals surface area (Å²) in [5, 5.41) is 3.61. The molecule has 0 spiro atoms. The molecule has 1 aliphatic rings. The summed E-state index contributed by atoms with van der Waals surface area (Å²) < 4.78 is 10.9. The van der Waals surface area contributed by atoms with Gasteiger partial charge in [0.15, 0.2) is 11.5 Å². The quantitative estimate of drug-likeness (QED) is 0.905. The minimum Gasteiger partial charge on any atom is -0.493 e. The van der Waals surface area contributed by atoms with Crippen LogP contribution in [-0.2, 0) is 6.42 Å². The zero-order valence-corrected chi connectivity index (χ0v) is 12.6. The van der Waals surface area contributed by atoms with E-state index < -0.39 is 0 Å². The Morgan fingerprint density at radius 3 is 2.37 bits per heavy atom. The molecule has 0 heterocycles. The van der Waals surface area contributed by atoms with Gasteiger partial charge in [-0.3, -0.25) is 0 Å². The zero-order valence-electron chi connectivity index (χ0n) is 12.6. The van der Waals surface area contributed by atoms with Crippen molar-refractivity contribution in [1.29, 1.82) is 0 Å². The standard InChI is InChI=1S/C16H25NO2/c1-6-17-16-11(3)10(2)7-12-8-14(18-4)15(19-5)9-13(12)16/h8-11,16-17H,6-7H2,1-5H3. The Labute approximate surface area is 116 Å². The van der Waals surface area contributed by atoms with Crippen LogP contribution in [-0.4, -0.2) is 20.8 Å². The van der Waals surface area contributed by atoms with E-state index in [9.17, 15) is 0 Å². The van der Waals surface area contributed by atoms with Gasteiger partial charge in [-0.1, -0.05) is 20.8 Å². The van der Waals surface area contributed by atoms with E-state index in [2.05, 4.69) is 38.2 Å². The molecule has 3 nitrogen and oxygen atoms in total. The molecule has 1 aliphatic carbocycles. The summed E-state index contributed by atoms with van der Waals surface area (Å²) >= 11 is 0. The lowest BCUT2D eigenvalue weighted by Gasteiger charge is -2.37. The molecule has 0 saturated carbocycles. The van der Waals surface area contributed by atoms with Gasteiger partial charge in [-0.25, -0.2) is 0 Å². The molecule has 0 fully saturated rings. The number of ether oxygens (including phenoxy) is 2. The highest BCUT2D eigenvalue weighted by Crippen LogP contribution is 2.42. The van der Waals surface area contributed by atoms with Crippen molar-refractivity contribution in [2.45, 2.75) is 33.2 Å². The number of hydrogen-bond acceptors (Lipinski definition) is 3. The number of rotatable bonds is 4. The predicted molar refractivity (Wildman–Crippen MR) is 78.0 cm³/mol. The Kier molecular flexibility index (Phi) is 4.35. The van der Waals surface area contributed by atoms with Crippen molar-refractivity contribution in [3.05, 3.63) is 23.3 Å². The van der Waals surface area contributed by atoms with Crippen LogP contribution in [0.2, 0.25) is 0 Å². The Morgan fingerprint density at radius 1 is 1.16 bits per heavy atom. The molecule has 1 aromatic carbocycles. The third kappa shape index (κ3) is 2.57. The van der Waals surface area contributed by atoms with E-state index in [1.807, 2.05) is 0 Å². The number of nitrogens with one attached hydrogen (secondary N) is 1. The van der Waals surface area contributed by atoms with Gasteiger partial charge in [-0.15, -0.1) is 0 Å². The largest absolute Gasteiger partial charge is 0.493 e. The Balaban J connectivity index is 2.48. The first-order valence-electron chi connectivity index (χ1n) is 7.10. The molecule has 2 rings (SSSR count). The maximum atomic E-state index is 5.44. The average Bonchev–Trinajstić information content (AvgIpc) is 2.42. The Morgan fingerprint density at radius 2 is 1.79 bits per heavy atom. The fraction of sp³-hybridized carbons (Fsp3) is 0.625. The summed E-state index contributed by atoms with van der Waals surface area (Å²) in [5.74, 6) is 2.96. The second-order valence-electron chi connectivity index (χ2n) is 5.48. The van der Waals surface area contributed by atoms with Gasteiger partial charge in [-0.2, -0.15) is 0 Å². The van der Waals surface area contributed by atoms with Crippen LogP contribution in [0.15, 0.2) is 12.1 Å². The second kappa shape index (κ2) is 5.83. The van der Waals surface area contributed by atoms with Crippen LogP contribution in [0.5, 0.6) is 11.5 Å². The fourth-order valence-corrected chi connectivity index (χ4v) is 3.06. The van der Waals surface area contributed by atoms with Crippen LogP contribution in [0, 0.1) is 11.8 Å². The van der Waals surface area contributed by atoms with Crippen LogP contribution < -0.4 is 14.8 Å². The second-order valence-corrected chi connectivity index (χ2v) is 5.48. The molecule has 1 N–H and O–H groups in total. The number of benzene rings is 1. The first kappa shape index (κ1) is 14.2. The normalized spacial score (nSPS) is 25.8. The summed E-state index contributed by atoms with van der Waals surface area (Å²) in [5.41, 5.74) is 2.75. The highest BCUT2D eigenvalue weighted by molar-refractivity contribution is 5.49. The number of methoxy groups -OCH3 is 2. The molecule has 0 amide bonds. The van der Waals surface area contributed by atoms with E-state index in [4.69, 9.17) is 9.47 Å². The van der Waals surface area contributed by atoms with Gasteiger partial charge >= 0.3 is 0 Å². The zero-order chi connectivity index (χ0) is 14.0. The van der Waals surface area contributed by atoms with Gasteiger partial charge in [-0.05, 0) is 48.1 Å². The van der Waals surface area contributed by atoms with E-state index in [0.29, 0.717) is 17.9 Å². The van der Waals surface area contributed by atoms with Gasteiger partial charge in [0.25, 0.3) is 0 Å². The topological polar surface area (TPSA) is 30.5 Å². The lowest BCUT2D eigenvalue weighted by atomic mass is 9.74. The van der Waals surface area contributed by atoms with Gasteiger partial charge < -0.3 is 14.8 Å². The van der Waals surface area contributed by atoms with Gasteiger partial charge in [0.05, 0.1) is 14.2 Å². The van der Waals surface area contributed by atoms with E-state index in [1.54, 1.807) is 14.2 Å². The van der Waals surface area contributed by atoms with Crippen molar-refractivity contribution in [2.24, 2.45) is 11.8 Å². The lowest BCUT2D eigenvalue weighted by Crippen LogP contribution is -2.35. The van der Waals surface area contributed by atoms with E-state index >= 15 is 0 Å². The number of hydrogen-bond donors (Lipinski definition) is 1. The van der Waals surface area contributed by atoms with Crippen molar-refractivity contribution in [3.8, 4) is 11.5 Å². The van der Waals surface area contributed by atoms with Crippen LogP contribution >= 0.6 is 0 Å². The molecule has 3 unspecified atom stereocenters. The van der Waals surface area contributed by atoms with Crippen molar-refractivity contribution in [2.75, 3.05) is 20.8 Å². The summed E-state index contributed by atoms with van der Waals surface area (Å²) in [6.45, 7) is 7.80. The molecular weight excluding hydrogens is 238 g/mol. The lowest BCUT2D eigenvalue weighted by molar-refractivity contribution is 0.264. The van der Waals surface area contributed by atoms with Gasteiger partial charge in [0.1, 0.15) is 0 Å². The summed E-state index contributed by atoms with van der Waals surface area (Å²) in [7, 11) is 3.39. The maximum absolute atomic E-state index is 5.44. The van der Waals surface area contributed by atoms with E-state index in [0.717, 1.165) is 24.5 Å². The minimum absolute atomic E-state index is 0.406. The molecule has 3 heteroatoms. The molecule has 0 radical (unpaired) electrons. The third-order valence-electron chi connectivity index (χ3n) is 4.37. The SMILES string of the molecule is CCNC1c2cc(OC)c(OC)cc2CC(C)C1C. The minimum atomic E-state index is 0.406. The highest BCUT2D eigenvalue weighted by atomic mass is 16.5. The van der Waals surface area contributed by atoms with E-state index in [1.165, 1.54) is 11.1 Å². The fourth-order valence-electron chi connectivity index (χ4n) is 3.06. The van der Waals surface area contributed by atoms with Crippen molar-refractivity contribution in [3.63, 3.8) is 0 Å². The maximum Gasteiger partial charge on any atom is 0.161 e.